The zero-order chi connectivity index (χ0) is 33.2. The smallest absolute Gasteiger partial charge is 0.353 e. The Hall–Kier alpha value is -2.08. The predicted molar refractivity (Wildman–Crippen MR) is 173 cm³/mol. The van der Waals surface area contributed by atoms with Crippen LogP contribution in [0.1, 0.15) is 52.9 Å². The van der Waals surface area contributed by atoms with Crippen molar-refractivity contribution < 1.29 is 44.4 Å². The average molecular weight is 681 g/mol. The fraction of sp³-hybridized carbons (Fsp3) is 0.643. The maximum absolute atomic E-state index is 12.0. The van der Waals surface area contributed by atoms with Gasteiger partial charge in [0, 0.05) is 58.3 Å². The summed E-state index contributed by atoms with van der Waals surface area (Å²) in [5.74, 6) is -2.67. The summed E-state index contributed by atoms with van der Waals surface area (Å²) in [6.07, 6.45) is 5.37. The van der Waals surface area contributed by atoms with Crippen LogP contribution in [0.2, 0.25) is 0 Å². The van der Waals surface area contributed by atoms with E-state index in [1.807, 2.05) is 13.8 Å². The molecule has 0 unspecified atom stereocenters. The monoisotopic (exact) mass is 680 g/mol. The number of amides is 2. The van der Waals surface area contributed by atoms with Crippen molar-refractivity contribution in [3.8, 4) is 0 Å². The second kappa shape index (κ2) is 18.9. The van der Waals surface area contributed by atoms with E-state index in [9.17, 15) is 34.2 Å². The number of aliphatic imine (C=N–C) groups is 1. The molecule has 3 aliphatic rings. The molecule has 0 bridgehead atoms. The number of β-lactam (4-membered cyclic amide) rings is 1. The van der Waals surface area contributed by atoms with Gasteiger partial charge in [0.1, 0.15) is 17.4 Å². The van der Waals surface area contributed by atoms with Crippen molar-refractivity contribution >= 4 is 89.1 Å². The van der Waals surface area contributed by atoms with Crippen molar-refractivity contribution in [1.29, 1.82) is 0 Å². The number of thioether (sulfide) groups is 2. The number of carboxylic acid groups (broad SMARTS) is 3. The Morgan fingerprint density at radius 3 is 2.33 bits per heavy atom. The average Bonchev–Trinajstić information content (AvgIpc) is 3.46. The molecule has 2 aliphatic heterocycles. The zero-order valence-corrected chi connectivity index (χ0v) is 29.7. The van der Waals surface area contributed by atoms with E-state index in [0.29, 0.717) is 35.8 Å². The molecule has 0 spiro atoms. The molecule has 14 nitrogen and oxygen atoms in total. The number of aliphatic hydroxyl groups excluding tert-OH is 1. The predicted octanol–water partition coefficient (Wildman–Crippen LogP) is 0.666. The summed E-state index contributed by atoms with van der Waals surface area (Å²) in [5.41, 5.74) is 10.5. The number of nitrogens with one attached hydrogen (secondary N) is 1. The number of carboxylic acids is 3. The zero-order valence-electron chi connectivity index (χ0n) is 26.1. The van der Waals surface area contributed by atoms with Gasteiger partial charge in [0.25, 0.3) is 0 Å². The first-order valence-electron chi connectivity index (χ1n) is 14.2. The van der Waals surface area contributed by atoms with Gasteiger partial charge in [-0.05, 0) is 43.8 Å². The molecule has 3 rings (SSSR count). The Bertz CT molecular complexity index is 1190. The number of nitrogens with zero attached hydrogens (tertiary/aromatic N) is 2. The standard InChI is InChI=1S/C16H26N2O5S.C12H17N3O4S.Na/c1-16(2)8-10(16)13(19)18-12(15(22)23)6-4-3-5-7-24-9-11(17)14(20)21;1-6(16)9-7-4-8(20-3-2-14-5-13)10(12(18)19)15(7)11(9)17;/h6,10-11H,3-5,7-9,17H2,1-2H3,(H,18,19)(H,20,21)(H,22,23);5-7,9,16H,2-4H2,1H3,(H2,13,14)(H,18,19);/b12-6+;;/t10-,11+;6-,7-,9-;/m11./s1. The number of hydrogen-bond acceptors (Lipinski definition) is 10. The number of aliphatic carboxylic acids is 3. The van der Waals surface area contributed by atoms with Gasteiger partial charge in [-0.2, -0.15) is 11.8 Å². The summed E-state index contributed by atoms with van der Waals surface area (Å²) in [7, 11) is 0. The Kier molecular flexibility index (Phi) is 17.2. The van der Waals surface area contributed by atoms with Gasteiger partial charge in [-0.25, -0.2) is 9.59 Å². The molecular formula is C28H43N5NaO9S2. The Labute approximate surface area is 293 Å². The van der Waals surface area contributed by atoms with Crippen molar-refractivity contribution in [2.45, 2.75) is 71.1 Å². The Morgan fingerprint density at radius 1 is 1.18 bits per heavy atom. The molecule has 2 amide bonds. The van der Waals surface area contributed by atoms with Gasteiger partial charge < -0.3 is 42.1 Å². The fourth-order valence-corrected chi connectivity index (χ4v) is 6.88. The van der Waals surface area contributed by atoms with Crippen molar-refractivity contribution in [3.05, 3.63) is 22.4 Å². The SMILES string of the molecule is CC1(C)C[C@@H]1C(=O)N/C(=C/CCCCSC[C@H](N)C(=O)O)C(=O)O.C[C@@H](O)[C@H]1C(=O)N2C(C(=O)O)=C(SCCN=CN)C[C@H]12.[Na]. The molecule has 0 aromatic rings. The summed E-state index contributed by atoms with van der Waals surface area (Å²) < 4.78 is 0. The van der Waals surface area contributed by atoms with E-state index >= 15 is 0 Å². The van der Waals surface area contributed by atoms with Crippen LogP contribution in [0, 0.1) is 17.3 Å². The number of hydrogen-bond donors (Lipinski definition) is 7. The molecule has 0 aromatic carbocycles. The fourth-order valence-electron chi connectivity index (χ4n) is 4.86. The largest absolute Gasteiger partial charge is 0.480 e. The van der Waals surface area contributed by atoms with Gasteiger partial charge in [0.15, 0.2) is 0 Å². The first kappa shape index (κ1) is 40.9. The summed E-state index contributed by atoms with van der Waals surface area (Å²) in [5, 5.41) is 39.2. The minimum absolute atomic E-state index is 0. The molecule has 247 valence electrons. The Morgan fingerprint density at radius 2 is 1.82 bits per heavy atom. The summed E-state index contributed by atoms with van der Waals surface area (Å²) in [4.78, 5) is 62.8. The van der Waals surface area contributed by atoms with E-state index in [1.54, 1.807) is 6.92 Å². The molecule has 1 aliphatic carbocycles. The van der Waals surface area contributed by atoms with E-state index < -0.39 is 36.0 Å². The van der Waals surface area contributed by atoms with Crippen LogP contribution < -0.4 is 16.8 Å². The third-order valence-electron chi connectivity index (χ3n) is 7.52. The molecule has 0 aromatic heterocycles. The number of unbranched alkanes of at least 4 members (excludes halogenated alkanes) is 2. The number of nitrogens with two attached hydrogens (primary N) is 2. The molecular weight excluding hydrogens is 637 g/mol. The van der Waals surface area contributed by atoms with Gasteiger partial charge in [-0.1, -0.05) is 19.9 Å². The number of carbonyl (C=O) groups is 5. The Balaban J connectivity index is 0.000000446. The second-order valence-electron chi connectivity index (χ2n) is 11.4. The molecule has 45 heavy (non-hydrogen) atoms. The van der Waals surface area contributed by atoms with E-state index in [2.05, 4.69) is 10.3 Å². The number of allylic oxidation sites excluding steroid dienone is 1. The van der Waals surface area contributed by atoms with E-state index in [4.69, 9.17) is 21.7 Å². The van der Waals surface area contributed by atoms with Crippen LogP contribution >= 0.6 is 23.5 Å². The van der Waals surface area contributed by atoms with Crippen molar-refractivity contribution in [2.75, 3.05) is 23.8 Å². The number of rotatable bonds is 17. The van der Waals surface area contributed by atoms with Gasteiger partial charge in [0.2, 0.25) is 11.8 Å². The number of aliphatic hydroxyl groups is 1. The van der Waals surface area contributed by atoms with Gasteiger partial charge in [0.05, 0.1) is 30.9 Å². The van der Waals surface area contributed by atoms with Crippen LogP contribution in [0.3, 0.4) is 0 Å². The molecule has 9 N–H and O–H groups in total. The summed E-state index contributed by atoms with van der Waals surface area (Å²) in [6, 6.07) is -1.08. The van der Waals surface area contributed by atoms with Crippen LogP contribution in [0.4, 0.5) is 0 Å². The first-order valence-corrected chi connectivity index (χ1v) is 16.4. The molecule has 1 saturated heterocycles. The summed E-state index contributed by atoms with van der Waals surface area (Å²) >= 11 is 2.84. The molecule has 2 heterocycles. The third-order valence-corrected chi connectivity index (χ3v) is 9.78. The van der Waals surface area contributed by atoms with Crippen LogP contribution in [-0.2, 0) is 24.0 Å². The van der Waals surface area contributed by atoms with Crippen LogP contribution in [0.5, 0.6) is 0 Å². The first-order chi connectivity index (χ1) is 20.6. The van der Waals surface area contributed by atoms with E-state index in [1.165, 1.54) is 40.8 Å². The maximum Gasteiger partial charge on any atom is 0.353 e. The molecule has 5 atom stereocenters. The molecule has 2 fully saturated rings. The summed E-state index contributed by atoms with van der Waals surface area (Å²) in [6.45, 7) is 6.02. The van der Waals surface area contributed by atoms with Gasteiger partial charge in [-0.3, -0.25) is 19.4 Å². The van der Waals surface area contributed by atoms with Crippen molar-refractivity contribution in [3.63, 3.8) is 0 Å². The minimum atomic E-state index is -1.14. The van der Waals surface area contributed by atoms with Crippen LogP contribution in [-0.4, -0.2) is 133 Å². The topological polar surface area (TPSA) is 246 Å². The van der Waals surface area contributed by atoms with Gasteiger partial charge >= 0.3 is 17.9 Å². The quantitative estimate of drug-likeness (QED) is 0.0279. The third kappa shape index (κ3) is 11.9. The van der Waals surface area contributed by atoms with E-state index in [0.717, 1.165) is 25.0 Å². The maximum atomic E-state index is 12.0. The second-order valence-corrected chi connectivity index (χ2v) is 13.7. The van der Waals surface area contributed by atoms with Crippen molar-refractivity contribution in [2.24, 2.45) is 33.7 Å². The molecule has 1 radical (unpaired) electrons. The normalized spacial score (nSPS) is 22.8. The minimum Gasteiger partial charge on any atom is -0.480 e. The molecule has 1 saturated carbocycles. The van der Waals surface area contributed by atoms with Crippen LogP contribution in [0.15, 0.2) is 27.4 Å². The van der Waals surface area contributed by atoms with E-state index in [-0.39, 0.29) is 70.1 Å². The van der Waals surface area contributed by atoms with Gasteiger partial charge in [-0.15, -0.1) is 11.8 Å². The number of fused-ring (bicyclic) bond motifs is 1. The number of carbonyl (C=O) groups excluding carboxylic acids is 2. The van der Waals surface area contributed by atoms with Crippen LogP contribution in [0.25, 0.3) is 0 Å². The van der Waals surface area contributed by atoms with Crippen molar-refractivity contribution in [1.82, 2.24) is 10.2 Å². The molecule has 17 heteroatoms.